The summed E-state index contributed by atoms with van der Waals surface area (Å²) >= 11 is 0. The minimum absolute atomic E-state index is 0.0723. The molecule has 0 aliphatic rings. The summed E-state index contributed by atoms with van der Waals surface area (Å²) in [5, 5.41) is 29.7. The predicted octanol–water partition coefficient (Wildman–Crippen LogP) is 8.84. The van der Waals surface area contributed by atoms with E-state index in [1.165, 1.54) is 0 Å². The van der Waals surface area contributed by atoms with Gasteiger partial charge >= 0.3 is 0 Å². The van der Waals surface area contributed by atoms with Crippen molar-refractivity contribution in [3.8, 4) is 11.5 Å². The number of rotatable bonds is 14. The molecule has 0 atom stereocenters. The highest BCUT2D eigenvalue weighted by molar-refractivity contribution is 5.85. The molecular weight excluding hydrogens is 604 g/mol. The zero-order valence-electron chi connectivity index (χ0n) is 30.8. The van der Waals surface area contributed by atoms with Gasteiger partial charge in [-0.1, -0.05) is 128 Å². The second kappa shape index (κ2) is 16.4. The van der Waals surface area contributed by atoms with E-state index >= 15 is 0 Å². The Kier molecular flexibility index (Phi) is 12.6. The highest BCUT2D eigenvalue weighted by atomic mass is 16.3. The maximum absolute atomic E-state index is 11.2. The number of phenols is 2. The van der Waals surface area contributed by atoms with E-state index in [1.54, 1.807) is 12.4 Å². The van der Waals surface area contributed by atoms with Crippen LogP contribution in [0.3, 0.4) is 0 Å². The standard InChI is InChI=1S/C43H56N4O2/c1-41(2,3)37-19-33(25-44-23-31-15-11-9-12-16-31)39(48)35(21-37)27-46-29-43(7,8)30-47-28-36-22-38(42(4,5)6)20-34(40(36)49)26-45-24-32-17-13-10-14-18-32/h9-22,25-26,46-49H,23-24,27-30H2,1-8H3/b44-25+,45-26+. The third-order valence-corrected chi connectivity index (χ3v) is 8.70. The van der Waals surface area contributed by atoms with E-state index in [0.29, 0.717) is 26.2 Å². The lowest BCUT2D eigenvalue weighted by molar-refractivity contribution is 0.317. The van der Waals surface area contributed by atoms with E-state index in [1.807, 2.05) is 48.5 Å². The molecule has 0 bridgehead atoms. The summed E-state index contributed by atoms with van der Waals surface area (Å²) in [6, 6.07) is 28.6. The van der Waals surface area contributed by atoms with Gasteiger partial charge in [-0.3, -0.25) is 9.98 Å². The smallest absolute Gasteiger partial charge is 0.128 e. The summed E-state index contributed by atoms with van der Waals surface area (Å²) in [6.07, 6.45) is 3.58. The van der Waals surface area contributed by atoms with Crippen LogP contribution in [-0.4, -0.2) is 35.7 Å². The first-order valence-electron chi connectivity index (χ1n) is 17.3. The van der Waals surface area contributed by atoms with Crippen LogP contribution in [0.5, 0.6) is 11.5 Å². The van der Waals surface area contributed by atoms with Crippen molar-refractivity contribution in [2.24, 2.45) is 15.4 Å². The molecule has 4 aromatic carbocycles. The van der Waals surface area contributed by atoms with Gasteiger partial charge in [-0.2, -0.15) is 0 Å². The minimum atomic E-state index is -0.0888. The molecule has 260 valence electrons. The van der Waals surface area contributed by atoms with Gasteiger partial charge in [0.1, 0.15) is 11.5 Å². The number of nitrogens with zero attached hydrogens (tertiary/aromatic N) is 2. The largest absolute Gasteiger partial charge is 0.507 e. The third-order valence-electron chi connectivity index (χ3n) is 8.70. The van der Waals surface area contributed by atoms with Crippen LogP contribution in [-0.2, 0) is 37.0 Å². The molecule has 4 rings (SSSR count). The normalized spacial score (nSPS) is 12.7. The first kappa shape index (κ1) is 37.6. The van der Waals surface area contributed by atoms with E-state index in [9.17, 15) is 10.2 Å². The molecule has 0 heterocycles. The van der Waals surface area contributed by atoms with E-state index < -0.39 is 0 Å². The molecule has 0 aromatic heterocycles. The van der Waals surface area contributed by atoms with E-state index in [2.05, 4.69) is 112 Å². The van der Waals surface area contributed by atoms with Crippen molar-refractivity contribution in [1.29, 1.82) is 0 Å². The third kappa shape index (κ3) is 11.4. The number of nitrogens with one attached hydrogen (secondary N) is 2. The van der Waals surface area contributed by atoms with E-state index in [4.69, 9.17) is 0 Å². The maximum atomic E-state index is 11.2. The van der Waals surface area contributed by atoms with Crippen molar-refractivity contribution in [2.75, 3.05) is 13.1 Å². The number of hydrogen-bond acceptors (Lipinski definition) is 6. The fourth-order valence-electron chi connectivity index (χ4n) is 5.57. The van der Waals surface area contributed by atoms with Gasteiger partial charge in [-0.25, -0.2) is 0 Å². The summed E-state index contributed by atoms with van der Waals surface area (Å²) in [5.41, 5.74) is 7.55. The summed E-state index contributed by atoms with van der Waals surface area (Å²) in [4.78, 5) is 9.27. The average Bonchev–Trinajstić information content (AvgIpc) is 3.04. The Morgan fingerprint density at radius 2 is 0.918 bits per heavy atom. The lowest BCUT2D eigenvalue weighted by Crippen LogP contribution is -2.37. The van der Waals surface area contributed by atoms with Crippen LogP contribution in [0.25, 0.3) is 0 Å². The first-order valence-corrected chi connectivity index (χ1v) is 17.3. The van der Waals surface area contributed by atoms with Gasteiger partial charge in [0.25, 0.3) is 0 Å². The lowest BCUT2D eigenvalue weighted by atomic mass is 9.84. The van der Waals surface area contributed by atoms with Crippen LogP contribution in [0.1, 0.15) is 99.9 Å². The first-order chi connectivity index (χ1) is 23.1. The molecular formula is C43H56N4O2. The fraction of sp³-hybridized carbons (Fsp3) is 0.395. The van der Waals surface area contributed by atoms with Crippen molar-refractivity contribution in [3.63, 3.8) is 0 Å². The molecule has 6 heteroatoms. The molecule has 49 heavy (non-hydrogen) atoms. The summed E-state index contributed by atoms with van der Waals surface area (Å²) in [6.45, 7) is 21.2. The summed E-state index contributed by atoms with van der Waals surface area (Å²) in [5.74, 6) is 0.538. The van der Waals surface area contributed by atoms with E-state index in [0.717, 1.165) is 57.6 Å². The maximum Gasteiger partial charge on any atom is 0.128 e. The predicted molar refractivity (Wildman–Crippen MR) is 206 cm³/mol. The molecule has 0 saturated heterocycles. The molecule has 0 spiro atoms. The Bertz CT molecular complexity index is 1590. The van der Waals surface area contributed by atoms with Crippen LogP contribution in [0.2, 0.25) is 0 Å². The Morgan fingerprint density at radius 1 is 0.551 bits per heavy atom. The highest BCUT2D eigenvalue weighted by Gasteiger charge is 2.22. The molecule has 0 saturated carbocycles. The molecule has 0 fully saturated rings. The number of aliphatic imine (C=N–C) groups is 2. The van der Waals surface area contributed by atoms with Gasteiger partial charge in [0.15, 0.2) is 0 Å². The number of hydrogen-bond donors (Lipinski definition) is 4. The monoisotopic (exact) mass is 660 g/mol. The van der Waals surface area contributed by atoms with Crippen LogP contribution in [0.4, 0.5) is 0 Å². The van der Waals surface area contributed by atoms with Crippen LogP contribution < -0.4 is 10.6 Å². The zero-order chi connectivity index (χ0) is 35.7. The molecule has 4 aromatic rings. The number of benzene rings is 4. The lowest BCUT2D eigenvalue weighted by Gasteiger charge is -2.27. The Hall–Kier alpha value is -4.26. The fourth-order valence-corrected chi connectivity index (χ4v) is 5.57. The van der Waals surface area contributed by atoms with Crippen molar-refractivity contribution in [3.05, 3.63) is 129 Å². The molecule has 0 unspecified atom stereocenters. The minimum Gasteiger partial charge on any atom is -0.507 e. The van der Waals surface area contributed by atoms with Crippen LogP contribution in [0, 0.1) is 5.41 Å². The van der Waals surface area contributed by atoms with Crippen molar-refractivity contribution < 1.29 is 10.2 Å². The van der Waals surface area contributed by atoms with Crippen molar-refractivity contribution in [1.82, 2.24) is 10.6 Å². The van der Waals surface area contributed by atoms with Crippen LogP contribution in [0.15, 0.2) is 94.9 Å². The van der Waals surface area contributed by atoms with Gasteiger partial charge in [0.05, 0.1) is 13.1 Å². The Morgan fingerprint density at radius 3 is 1.27 bits per heavy atom. The topological polar surface area (TPSA) is 89.2 Å². The molecule has 0 radical (unpaired) electrons. The van der Waals surface area contributed by atoms with E-state index in [-0.39, 0.29) is 27.7 Å². The SMILES string of the molecule is CC(C)(CNCc1cc(C(C)(C)C)cc(/C=N/Cc2ccccc2)c1O)CNCc1cc(C(C)(C)C)cc(/C=N/Cc2ccccc2)c1O. The van der Waals surface area contributed by atoms with Gasteiger partial charge in [-0.15, -0.1) is 0 Å². The van der Waals surface area contributed by atoms with Gasteiger partial charge in [0.2, 0.25) is 0 Å². The Labute approximate surface area is 294 Å². The molecule has 4 N–H and O–H groups in total. The number of aromatic hydroxyl groups is 2. The van der Waals surface area contributed by atoms with Gasteiger partial charge in [-0.05, 0) is 50.6 Å². The highest BCUT2D eigenvalue weighted by Crippen LogP contribution is 2.32. The Balaban J connectivity index is 1.39. The quantitative estimate of drug-likeness (QED) is 0.102. The molecule has 6 nitrogen and oxygen atoms in total. The molecule has 0 amide bonds. The number of phenolic OH excluding ortho intramolecular Hbond substituents is 2. The second-order valence-electron chi connectivity index (χ2n) is 15.9. The van der Waals surface area contributed by atoms with Gasteiger partial charge < -0.3 is 20.8 Å². The summed E-state index contributed by atoms with van der Waals surface area (Å²) < 4.78 is 0. The van der Waals surface area contributed by atoms with Crippen molar-refractivity contribution in [2.45, 2.75) is 92.4 Å². The second-order valence-corrected chi connectivity index (χ2v) is 15.9. The molecule has 0 aliphatic heterocycles. The molecule has 0 aliphatic carbocycles. The van der Waals surface area contributed by atoms with Gasteiger partial charge in [0, 0.05) is 60.9 Å². The average molecular weight is 661 g/mol. The zero-order valence-corrected chi connectivity index (χ0v) is 30.8. The van der Waals surface area contributed by atoms with Crippen LogP contribution >= 0.6 is 0 Å². The van der Waals surface area contributed by atoms with Crippen molar-refractivity contribution >= 4 is 12.4 Å². The summed E-state index contributed by atoms with van der Waals surface area (Å²) in [7, 11) is 0.